The number of nitrogens with one attached hydrogen (secondary N) is 3. The highest BCUT2D eigenvalue weighted by Crippen LogP contribution is 2.18. The summed E-state index contributed by atoms with van der Waals surface area (Å²) in [5.74, 6) is 0.232. The highest BCUT2D eigenvalue weighted by molar-refractivity contribution is 5.79. The summed E-state index contributed by atoms with van der Waals surface area (Å²) in [7, 11) is 0. The average Bonchev–Trinajstić information content (AvgIpc) is 2.66. The molecule has 23 heavy (non-hydrogen) atoms. The normalized spacial score (nSPS) is 15.1. The lowest BCUT2D eigenvalue weighted by atomic mass is 9.96. The molecule has 1 aliphatic heterocycles. The van der Waals surface area contributed by atoms with E-state index in [2.05, 4.69) is 10.6 Å². The molecule has 0 aliphatic carbocycles. The molecule has 1 unspecified atom stereocenters. The van der Waals surface area contributed by atoms with Crippen LogP contribution in [-0.2, 0) is 4.79 Å². The maximum Gasteiger partial charge on any atom is 0.223 e. The lowest BCUT2D eigenvalue weighted by Gasteiger charge is -2.25. The van der Waals surface area contributed by atoms with Gasteiger partial charge in [-0.25, -0.2) is 0 Å². The first-order valence-electron chi connectivity index (χ1n) is 8.86. The average molecular weight is 319 g/mol. The molecule has 2 rings (SSSR count). The van der Waals surface area contributed by atoms with E-state index in [4.69, 9.17) is 5.41 Å². The highest BCUT2D eigenvalue weighted by Gasteiger charge is 2.23. The number of piperidine rings is 1. The van der Waals surface area contributed by atoms with Crippen LogP contribution in [0.4, 0.5) is 0 Å². The third kappa shape index (κ3) is 7.93. The summed E-state index contributed by atoms with van der Waals surface area (Å²) in [6, 6.07) is 9.79. The summed E-state index contributed by atoms with van der Waals surface area (Å²) in [6.07, 6.45) is 3.71. The van der Waals surface area contributed by atoms with Gasteiger partial charge in [0.2, 0.25) is 5.91 Å². The number of hydrogen-bond donors (Lipinski definition) is 3. The molecule has 1 aromatic rings. The highest BCUT2D eigenvalue weighted by atomic mass is 16.1. The second-order valence-corrected chi connectivity index (χ2v) is 4.94. The number of carbonyl (C=O) groups is 1. The minimum Gasteiger partial charge on any atom is -0.349 e. The van der Waals surface area contributed by atoms with E-state index in [9.17, 15) is 4.79 Å². The maximum atomic E-state index is 12.2. The number of benzene rings is 1. The van der Waals surface area contributed by atoms with Crippen molar-refractivity contribution < 1.29 is 4.79 Å². The van der Waals surface area contributed by atoms with Crippen LogP contribution in [0.3, 0.4) is 0 Å². The van der Waals surface area contributed by atoms with Gasteiger partial charge in [-0.05, 0) is 37.7 Å². The number of rotatable bonds is 5. The van der Waals surface area contributed by atoms with Crippen molar-refractivity contribution in [2.24, 2.45) is 5.92 Å². The Morgan fingerprint density at radius 2 is 1.78 bits per heavy atom. The smallest absolute Gasteiger partial charge is 0.223 e. The van der Waals surface area contributed by atoms with E-state index < -0.39 is 0 Å². The Morgan fingerprint density at radius 3 is 2.30 bits per heavy atom. The summed E-state index contributed by atoms with van der Waals surface area (Å²) in [6.45, 7) is 9.83. The fraction of sp³-hybridized carbons (Fsp3) is 0.579. The quantitative estimate of drug-likeness (QED) is 0.720. The molecule has 4 nitrogen and oxygen atoms in total. The van der Waals surface area contributed by atoms with Crippen LogP contribution in [0.2, 0.25) is 0 Å². The van der Waals surface area contributed by atoms with Crippen molar-refractivity contribution in [2.45, 2.75) is 53.0 Å². The molecule has 0 spiro atoms. The van der Waals surface area contributed by atoms with Gasteiger partial charge in [-0.3, -0.25) is 4.79 Å². The van der Waals surface area contributed by atoms with Crippen LogP contribution in [0, 0.1) is 11.3 Å². The standard InChI is InChI=1S/C15H21N3O.2C2H6/c16-9-6-14(12-4-2-1-3-5-12)18-15(19)13-7-10-17-11-8-13;2*1-2/h1-5,9,13-14,16-17H,6-8,10-11H2,(H,18,19);2*1-2H3. The summed E-state index contributed by atoms with van der Waals surface area (Å²) in [4.78, 5) is 12.2. The largest absolute Gasteiger partial charge is 0.349 e. The summed E-state index contributed by atoms with van der Waals surface area (Å²) in [5.41, 5.74) is 1.06. The van der Waals surface area contributed by atoms with Gasteiger partial charge in [-0.15, -0.1) is 0 Å². The van der Waals surface area contributed by atoms with Gasteiger partial charge in [0, 0.05) is 12.3 Å². The zero-order chi connectivity index (χ0) is 17.5. The molecule has 3 N–H and O–H groups in total. The lowest BCUT2D eigenvalue weighted by Crippen LogP contribution is -2.39. The van der Waals surface area contributed by atoms with E-state index in [1.165, 1.54) is 6.21 Å². The van der Waals surface area contributed by atoms with E-state index in [1.54, 1.807) is 0 Å². The van der Waals surface area contributed by atoms with Crippen molar-refractivity contribution in [1.29, 1.82) is 5.41 Å². The minimum atomic E-state index is -0.0823. The second kappa shape index (κ2) is 13.9. The van der Waals surface area contributed by atoms with Crippen LogP contribution >= 0.6 is 0 Å². The Hall–Kier alpha value is -1.68. The Labute approximate surface area is 141 Å². The van der Waals surface area contributed by atoms with E-state index in [0.717, 1.165) is 31.5 Å². The number of amides is 1. The summed E-state index contributed by atoms with van der Waals surface area (Å²) in [5, 5.41) is 13.6. The van der Waals surface area contributed by atoms with E-state index in [0.29, 0.717) is 6.42 Å². The molecule has 1 amide bonds. The molecule has 0 aromatic heterocycles. The van der Waals surface area contributed by atoms with Gasteiger partial charge in [0.25, 0.3) is 0 Å². The van der Waals surface area contributed by atoms with Crippen LogP contribution in [0.1, 0.15) is 58.6 Å². The molecule has 130 valence electrons. The van der Waals surface area contributed by atoms with Crippen molar-refractivity contribution >= 4 is 12.1 Å². The predicted octanol–water partition coefficient (Wildman–Crippen LogP) is 3.94. The monoisotopic (exact) mass is 319 g/mol. The van der Waals surface area contributed by atoms with Crippen LogP contribution in [0.25, 0.3) is 0 Å². The molecular weight excluding hydrogens is 286 g/mol. The molecule has 1 saturated heterocycles. The predicted molar refractivity (Wildman–Crippen MR) is 99.0 cm³/mol. The Balaban J connectivity index is 0.00000112. The molecule has 0 radical (unpaired) electrons. The van der Waals surface area contributed by atoms with Gasteiger partial charge in [0.1, 0.15) is 0 Å². The SMILES string of the molecule is CC.CC.N=CCC(NC(=O)C1CCNCC1)c1ccccc1. The third-order valence-electron chi connectivity index (χ3n) is 3.58. The molecule has 0 saturated carbocycles. The first kappa shape index (κ1) is 21.3. The Bertz CT molecular complexity index is 414. The molecule has 1 atom stereocenters. The van der Waals surface area contributed by atoms with Gasteiger partial charge in [-0.2, -0.15) is 0 Å². The van der Waals surface area contributed by atoms with Crippen molar-refractivity contribution in [3.05, 3.63) is 35.9 Å². The molecule has 4 heteroatoms. The molecule has 1 aromatic carbocycles. The fourth-order valence-electron chi connectivity index (χ4n) is 2.46. The first-order chi connectivity index (χ1) is 11.3. The van der Waals surface area contributed by atoms with Gasteiger partial charge in [0.15, 0.2) is 0 Å². The van der Waals surface area contributed by atoms with E-state index >= 15 is 0 Å². The van der Waals surface area contributed by atoms with Crippen molar-refractivity contribution in [2.75, 3.05) is 13.1 Å². The lowest BCUT2D eigenvalue weighted by molar-refractivity contribution is -0.126. The molecule has 0 bridgehead atoms. The molecular formula is C19H33N3O. The van der Waals surface area contributed by atoms with Crippen LogP contribution in [-0.4, -0.2) is 25.2 Å². The fourth-order valence-corrected chi connectivity index (χ4v) is 2.46. The van der Waals surface area contributed by atoms with Gasteiger partial charge >= 0.3 is 0 Å². The third-order valence-corrected chi connectivity index (χ3v) is 3.58. The Morgan fingerprint density at radius 1 is 1.22 bits per heavy atom. The molecule has 1 aliphatic rings. The maximum absolute atomic E-state index is 12.2. The van der Waals surface area contributed by atoms with Crippen molar-refractivity contribution in [1.82, 2.24) is 10.6 Å². The number of carbonyl (C=O) groups excluding carboxylic acids is 1. The van der Waals surface area contributed by atoms with Crippen molar-refractivity contribution in [3.8, 4) is 0 Å². The summed E-state index contributed by atoms with van der Waals surface area (Å²) >= 11 is 0. The first-order valence-corrected chi connectivity index (χ1v) is 8.86. The van der Waals surface area contributed by atoms with Crippen LogP contribution in [0.5, 0.6) is 0 Å². The second-order valence-electron chi connectivity index (χ2n) is 4.94. The Kier molecular flexibility index (Phi) is 12.9. The van der Waals surface area contributed by atoms with Crippen molar-refractivity contribution in [3.63, 3.8) is 0 Å². The zero-order valence-corrected chi connectivity index (χ0v) is 15.1. The van der Waals surface area contributed by atoms with E-state index in [-0.39, 0.29) is 17.9 Å². The summed E-state index contributed by atoms with van der Waals surface area (Å²) < 4.78 is 0. The van der Waals surface area contributed by atoms with E-state index in [1.807, 2.05) is 58.0 Å². The minimum absolute atomic E-state index is 0.0823. The molecule has 1 fully saturated rings. The van der Waals surface area contributed by atoms with Gasteiger partial charge in [-0.1, -0.05) is 58.0 Å². The van der Waals surface area contributed by atoms with Gasteiger partial charge in [0.05, 0.1) is 6.04 Å². The number of hydrogen-bond acceptors (Lipinski definition) is 3. The zero-order valence-electron chi connectivity index (χ0n) is 15.1. The topological polar surface area (TPSA) is 65.0 Å². The molecule has 1 heterocycles. The van der Waals surface area contributed by atoms with Crippen LogP contribution in [0.15, 0.2) is 30.3 Å². The van der Waals surface area contributed by atoms with Gasteiger partial charge < -0.3 is 16.0 Å². The van der Waals surface area contributed by atoms with Crippen LogP contribution < -0.4 is 10.6 Å².